The van der Waals surface area contributed by atoms with Crippen molar-refractivity contribution in [1.29, 1.82) is 0 Å². The van der Waals surface area contributed by atoms with Gasteiger partial charge in [0.1, 0.15) is 10.7 Å². The summed E-state index contributed by atoms with van der Waals surface area (Å²) in [4.78, 5) is 20.0. The van der Waals surface area contributed by atoms with Gasteiger partial charge in [0.25, 0.3) is 5.56 Å². The van der Waals surface area contributed by atoms with Crippen LogP contribution in [0.4, 0.5) is 0 Å². The van der Waals surface area contributed by atoms with Crippen LogP contribution in [-0.2, 0) is 18.3 Å². The highest BCUT2D eigenvalue weighted by atomic mass is 32.1. The Balaban J connectivity index is 1.73. The molecule has 0 fully saturated rings. The van der Waals surface area contributed by atoms with Gasteiger partial charge in [0.15, 0.2) is 0 Å². The number of fused-ring (bicyclic) bond motifs is 3. The maximum atomic E-state index is 13.1. The van der Waals surface area contributed by atoms with Crippen molar-refractivity contribution in [2.45, 2.75) is 58.8 Å². The van der Waals surface area contributed by atoms with Gasteiger partial charge in [0.05, 0.1) is 11.6 Å². The molecule has 0 amide bonds. The number of benzene rings is 1. The highest BCUT2D eigenvalue weighted by molar-refractivity contribution is 7.18. The molecule has 1 aliphatic carbocycles. The van der Waals surface area contributed by atoms with Gasteiger partial charge >= 0.3 is 0 Å². The lowest BCUT2D eigenvalue weighted by molar-refractivity contribution is 0.590. The van der Waals surface area contributed by atoms with Crippen molar-refractivity contribution in [3.63, 3.8) is 0 Å². The summed E-state index contributed by atoms with van der Waals surface area (Å²) in [7, 11) is 0. The van der Waals surface area contributed by atoms with E-state index in [2.05, 4.69) is 43.0 Å². The molecule has 0 bridgehead atoms. The van der Waals surface area contributed by atoms with Gasteiger partial charge in [-0.15, -0.1) is 11.3 Å². The van der Waals surface area contributed by atoms with E-state index in [-0.39, 0.29) is 11.0 Å². The van der Waals surface area contributed by atoms with E-state index in [1.54, 1.807) is 17.6 Å². The van der Waals surface area contributed by atoms with Crippen LogP contribution in [0.25, 0.3) is 10.2 Å². The van der Waals surface area contributed by atoms with Crippen LogP contribution in [0.2, 0.25) is 0 Å². The van der Waals surface area contributed by atoms with E-state index in [4.69, 9.17) is 0 Å². The highest BCUT2D eigenvalue weighted by Crippen LogP contribution is 2.33. The zero-order chi connectivity index (χ0) is 19.2. The highest BCUT2D eigenvalue weighted by Gasteiger charge is 2.21. The average Bonchev–Trinajstić information content (AvgIpc) is 2.99. The molecule has 0 saturated heterocycles. The molecule has 5 heteroatoms. The molecule has 1 aliphatic rings. The van der Waals surface area contributed by atoms with Crippen molar-refractivity contribution in [2.75, 3.05) is 0 Å². The Bertz CT molecular complexity index is 1080. The van der Waals surface area contributed by atoms with E-state index in [0.29, 0.717) is 5.82 Å². The minimum atomic E-state index is -0.0422. The lowest BCUT2D eigenvalue weighted by Gasteiger charge is -2.18. The predicted molar refractivity (Wildman–Crippen MR) is 113 cm³/mol. The molecular weight excluding hydrogens is 354 g/mol. The first kappa shape index (κ1) is 18.1. The van der Waals surface area contributed by atoms with E-state index < -0.39 is 0 Å². The second-order valence-corrected chi connectivity index (χ2v) is 9.37. The molecule has 4 rings (SSSR count). The van der Waals surface area contributed by atoms with Crippen molar-refractivity contribution >= 4 is 27.8 Å². The summed E-state index contributed by atoms with van der Waals surface area (Å²) in [5.41, 5.74) is 3.54. The molecule has 2 aromatic heterocycles. The van der Waals surface area contributed by atoms with Crippen LogP contribution < -0.4 is 5.56 Å². The maximum Gasteiger partial charge on any atom is 0.283 e. The van der Waals surface area contributed by atoms with Gasteiger partial charge < -0.3 is 0 Å². The summed E-state index contributed by atoms with van der Waals surface area (Å²) in [6.45, 7) is 8.43. The third kappa shape index (κ3) is 3.36. The van der Waals surface area contributed by atoms with Gasteiger partial charge in [-0.25, -0.2) is 4.98 Å². The van der Waals surface area contributed by atoms with Crippen molar-refractivity contribution in [3.05, 3.63) is 62.0 Å². The molecule has 1 aromatic carbocycles. The molecule has 27 heavy (non-hydrogen) atoms. The molecule has 140 valence electrons. The maximum absolute atomic E-state index is 13.1. The van der Waals surface area contributed by atoms with Crippen LogP contribution in [0.15, 0.2) is 34.2 Å². The van der Waals surface area contributed by atoms with Crippen LogP contribution >= 0.6 is 11.3 Å². The molecule has 0 aliphatic heterocycles. The fourth-order valence-corrected chi connectivity index (χ4v) is 4.92. The number of hydrogen-bond acceptors (Lipinski definition) is 4. The Morgan fingerprint density at radius 1 is 1.15 bits per heavy atom. The summed E-state index contributed by atoms with van der Waals surface area (Å²) < 4.78 is 1.45. The second kappa shape index (κ2) is 6.71. The van der Waals surface area contributed by atoms with Crippen LogP contribution in [0.5, 0.6) is 0 Å². The van der Waals surface area contributed by atoms with Crippen molar-refractivity contribution < 1.29 is 0 Å². The number of hydrogen-bond donors (Lipinski definition) is 0. The largest absolute Gasteiger partial charge is 0.283 e. The standard InChI is InChI=1S/C22H25N3OS/c1-14-24-20-19(17-7-5-6-8-18(17)27-20)21(26)25(14)23-13-15-9-11-16(12-10-15)22(2,3)4/h9-13H,5-8H2,1-4H3/b23-13+. The number of aryl methyl sites for hydroxylation is 3. The molecular formula is C22H25N3OS. The van der Waals surface area contributed by atoms with Crippen LogP contribution in [0.1, 0.15) is 61.0 Å². The molecule has 0 saturated carbocycles. The summed E-state index contributed by atoms with van der Waals surface area (Å²) in [6.07, 6.45) is 6.14. The summed E-state index contributed by atoms with van der Waals surface area (Å²) in [6, 6.07) is 8.33. The van der Waals surface area contributed by atoms with Crippen molar-refractivity contribution in [3.8, 4) is 0 Å². The van der Waals surface area contributed by atoms with E-state index in [0.717, 1.165) is 35.0 Å². The van der Waals surface area contributed by atoms with Gasteiger partial charge in [-0.1, -0.05) is 45.0 Å². The van der Waals surface area contributed by atoms with Gasteiger partial charge in [0.2, 0.25) is 0 Å². The van der Waals surface area contributed by atoms with Crippen molar-refractivity contribution in [2.24, 2.45) is 5.10 Å². The number of rotatable bonds is 2. The molecule has 0 radical (unpaired) electrons. The van der Waals surface area contributed by atoms with Gasteiger partial charge in [-0.3, -0.25) is 4.79 Å². The molecule has 0 spiro atoms. The number of thiophene rings is 1. The molecule has 0 N–H and O–H groups in total. The Kier molecular flexibility index (Phi) is 4.50. The van der Waals surface area contributed by atoms with E-state index in [1.165, 1.54) is 27.1 Å². The fourth-order valence-electron chi connectivity index (χ4n) is 3.63. The molecule has 3 aromatic rings. The van der Waals surface area contributed by atoms with Crippen LogP contribution in [0, 0.1) is 6.92 Å². The average molecular weight is 380 g/mol. The van der Waals surface area contributed by atoms with E-state index >= 15 is 0 Å². The smallest absolute Gasteiger partial charge is 0.267 e. The molecule has 0 unspecified atom stereocenters. The third-order valence-corrected chi connectivity index (χ3v) is 6.41. The third-order valence-electron chi connectivity index (χ3n) is 5.23. The summed E-state index contributed by atoms with van der Waals surface area (Å²) >= 11 is 1.68. The van der Waals surface area contributed by atoms with Gasteiger partial charge in [-0.05, 0) is 54.7 Å². The Hall–Kier alpha value is -2.27. The molecule has 4 nitrogen and oxygen atoms in total. The van der Waals surface area contributed by atoms with Crippen molar-refractivity contribution in [1.82, 2.24) is 9.66 Å². The second-order valence-electron chi connectivity index (χ2n) is 8.28. The number of nitrogens with zero attached hydrogens (tertiary/aromatic N) is 3. The fraction of sp³-hybridized carbons (Fsp3) is 0.409. The lowest BCUT2D eigenvalue weighted by atomic mass is 9.87. The Morgan fingerprint density at radius 2 is 1.85 bits per heavy atom. The van der Waals surface area contributed by atoms with E-state index in [9.17, 15) is 4.79 Å². The quantitative estimate of drug-likeness (QED) is 0.599. The van der Waals surface area contributed by atoms with Crippen LogP contribution in [0.3, 0.4) is 0 Å². The predicted octanol–water partition coefficient (Wildman–Crippen LogP) is 4.82. The first-order valence-electron chi connectivity index (χ1n) is 9.53. The molecule has 2 heterocycles. The SMILES string of the molecule is Cc1nc2sc3c(c2c(=O)n1/N=C/c1ccc(C(C)(C)C)cc1)CCCC3. The Morgan fingerprint density at radius 3 is 2.56 bits per heavy atom. The lowest BCUT2D eigenvalue weighted by Crippen LogP contribution is -2.21. The molecule has 0 atom stereocenters. The summed E-state index contributed by atoms with van der Waals surface area (Å²) in [5.74, 6) is 0.633. The minimum absolute atomic E-state index is 0.0422. The summed E-state index contributed by atoms with van der Waals surface area (Å²) in [5, 5.41) is 5.25. The topological polar surface area (TPSA) is 47.2 Å². The zero-order valence-electron chi connectivity index (χ0n) is 16.4. The minimum Gasteiger partial charge on any atom is -0.267 e. The zero-order valence-corrected chi connectivity index (χ0v) is 17.2. The van der Waals surface area contributed by atoms with Gasteiger partial charge in [-0.2, -0.15) is 9.78 Å². The normalized spacial score (nSPS) is 14.8. The first-order chi connectivity index (χ1) is 12.8. The van der Waals surface area contributed by atoms with E-state index in [1.807, 2.05) is 19.1 Å². The number of aromatic nitrogens is 2. The first-order valence-corrected chi connectivity index (χ1v) is 10.3. The van der Waals surface area contributed by atoms with Crippen LogP contribution in [-0.4, -0.2) is 15.9 Å². The van der Waals surface area contributed by atoms with Gasteiger partial charge in [0, 0.05) is 4.88 Å². The monoisotopic (exact) mass is 379 g/mol. The Labute approximate surface area is 163 Å².